The summed E-state index contributed by atoms with van der Waals surface area (Å²) in [6.07, 6.45) is -22.3. The van der Waals surface area contributed by atoms with Crippen LogP contribution in [0.5, 0.6) is 0 Å². The van der Waals surface area contributed by atoms with E-state index in [1.165, 1.54) is 0 Å². The number of cyclic esters (lactones) is 2. The van der Waals surface area contributed by atoms with Crippen molar-refractivity contribution >= 4 is 11.9 Å². The zero-order valence-corrected chi connectivity index (χ0v) is 9.76. The topological polar surface area (TPSA) is 43.4 Å². The standard InChI is InChI=1S/C8F12O3/c9-3(6(12,13)14)1(21)23-2(22)4(10,7(15,16)17)5(3,11)8(18,19)20. The van der Waals surface area contributed by atoms with Gasteiger partial charge in [0.05, 0.1) is 0 Å². The second kappa shape index (κ2) is 4.43. The number of hydrogen-bond donors (Lipinski definition) is 0. The maximum atomic E-state index is 13.8. The minimum absolute atomic E-state index is 2.45. The lowest BCUT2D eigenvalue weighted by Crippen LogP contribution is -2.84. The molecule has 134 valence electrons. The van der Waals surface area contributed by atoms with Crippen LogP contribution < -0.4 is 0 Å². The Balaban J connectivity index is 4.03. The smallest absolute Gasteiger partial charge is 0.388 e. The molecule has 1 aliphatic rings. The van der Waals surface area contributed by atoms with E-state index in [9.17, 15) is 62.3 Å². The van der Waals surface area contributed by atoms with E-state index in [1.54, 1.807) is 0 Å². The van der Waals surface area contributed by atoms with Crippen LogP contribution in [0.25, 0.3) is 0 Å². The van der Waals surface area contributed by atoms with E-state index < -0.39 is 47.5 Å². The first-order valence-electron chi connectivity index (χ1n) is 4.83. The molecule has 0 spiro atoms. The molecule has 0 aromatic rings. The van der Waals surface area contributed by atoms with E-state index in [0.29, 0.717) is 0 Å². The Morgan fingerprint density at radius 2 is 0.870 bits per heavy atom. The Morgan fingerprint density at radius 3 is 1.04 bits per heavy atom. The van der Waals surface area contributed by atoms with Gasteiger partial charge in [0.2, 0.25) is 0 Å². The van der Waals surface area contributed by atoms with E-state index in [0.717, 1.165) is 0 Å². The first kappa shape index (κ1) is 19.3. The molecular formula is C8F12O3. The van der Waals surface area contributed by atoms with Crippen LogP contribution in [0.1, 0.15) is 0 Å². The molecule has 1 saturated heterocycles. The number of esters is 2. The molecule has 2 atom stereocenters. The van der Waals surface area contributed by atoms with Crippen LogP contribution in [-0.2, 0) is 14.3 Å². The number of carbonyl (C=O) groups is 2. The molecule has 1 aliphatic heterocycles. The lowest BCUT2D eigenvalue weighted by atomic mass is 9.70. The van der Waals surface area contributed by atoms with E-state index in [1.807, 2.05) is 0 Å². The van der Waals surface area contributed by atoms with Gasteiger partial charge in [-0.3, -0.25) is 0 Å². The molecule has 2 unspecified atom stereocenters. The van der Waals surface area contributed by atoms with Crippen molar-refractivity contribution in [2.75, 3.05) is 0 Å². The molecule has 0 aromatic heterocycles. The molecule has 0 aliphatic carbocycles. The summed E-state index contributed by atoms with van der Waals surface area (Å²) in [7, 11) is 0. The summed E-state index contributed by atoms with van der Waals surface area (Å²) in [5.41, 5.74) is -22.0. The fourth-order valence-electron chi connectivity index (χ4n) is 1.76. The van der Waals surface area contributed by atoms with E-state index in [2.05, 4.69) is 4.74 Å². The number of carbonyl (C=O) groups excluding carboxylic acids is 2. The van der Waals surface area contributed by atoms with Gasteiger partial charge in [0.15, 0.2) is 0 Å². The maximum Gasteiger partial charge on any atom is 0.437 e. The van der Waals surface area contributed by atoms with Crippen LogP contribution in [0.2, 0.25) is 0 Å². The number of ether oxygens (including phenoxy) is 1. The quantitative estimate of drug-likeness (QED) is 0.373. The van der Waals surface area contributed by atoms with Crippen LogP contribution in [0, 0.1) is 0 Å². The minimum atomic E-state index is -7.67. The average molecular weight is 372 g/mol. The van der Waals surface area contributed by atoms with Crippen LogP contribution >= 0.6 is 0 Å². The van der Waals surface area contributed by atoms with Crippen molar-refractivity contribution in [2.45, 2.75) is 35.5 Å². The fraction of sp³-hybridized carbons (Fsp3) is 0.750. The van der Waals surface area contributed by atoms with E-state index >= 15 is 0 Å². The summed E-state index contributed by atoms with van der Waals surface area (Å²) in [5.74, 6) is -8.04. The Kier molecular flexibility index (Phi) is 3.73. The third-order valence-corrected chi connectivity index (χ3v) is 2.87. The van der Waals surface area contributed by atoms with Gasteiger partial charge in [-0.15, -0.1) is 0 Å². The van der Waals surface area contributed by atoms with E-state index in [4.69, 9.17) is 0 Å². The maximum absolute atomic E-state index is 13.8. The van der Waals surface area contributed by atoms with Gasteiger partial charge >= 0.3 is 47.5 Å². The first-order valence-corrected chi connectivity index (χ1v) is 4.83. The number of hydrogen-bond acceptors (Lipinski definition) is 3. The molecule has 0 aromatic carbocycles. The molecule has 1 rings (SSSR count). The van der Waals surface area contributed by atoms with Gasteiger partial charge in [-0.1, -0.05) is 0 Å². The fourth-order valence-corrected chi connectivity index (χ4v) is 1.76. The third-order valence-electron chi connectivity index (χ3n) is 2.87. The summed E-state index contributed by atoms with van der Waals surface area (Å²) in [6, 6.07) is 0. The van der Waals surface area contributed by atoms with Crippen LogP contribution in [0.15, 0.2) is 0 Å². The van der Waals surface area contributed by atoms with E-state index in [-0.39, 0.29) is 0 Å². The van der Waals surface area contributed by atoms with Gasteiger partial charge in [0, 0.05) is 0 Å². The molecule has 1 heterocycles. The number of halogens is 12. The first-order chi connectivity index (χ1) is 9.80. The summed E-state index contributed by atoms with van der Waals surface area (Å²) in [4.78, 5) is 21.3. The summed E-state index contributed by atoms with van der Waals surface area (Å²) in [6.45, 7) is 0. The van der Waals surface area contributed by atoms with Crippen molar-refractivity contribution in [3.63, 3.8) is 0 Å². The lowest BCUT2D eigenvalue weighted by molar-refractivity contribution is -0.402. The average Bonchev–Trinajstić information content (AvgIpc) is 2.29. The molecule has 0 N–H and O–H groups in total. The molecule has 0 saturated carbocycles. The van der Waals surface area contributed by atoms with Gasteiger partial charge in [-0.2, -0.15) is 39.5 Å². The summed E-state index contributed by atoms with van der Waals surface area (Å²) >= 11 is 0. The highest BCUT2D eigenvalue weighted by Crippen LogP contribution is 2.64. The van der Waals surface area contributed by atoms with Crippen molar-refractivity contribution in [1.82, 2.24) is 0 Å². The second-order valence-electron chi connectivity index (χ2n) is 4.15. The Bertz CT molecular complexity index is 506. The Morgan fingerprint density at radius 1 is 0.609 bits per heavy atom. The van der Waals surface area contributed by atoms with Crippen molar-refractivity contribution in [1.29, 1.82) is 0 Å². The monoisotopic (exact) mass is 372 g/mol. The number of rotatable bonds is 0. The second-order valence-corrected chi connectivity index (χ2v) is 4.15. The molecule has 1 fully saturated rings. The highest BCUT2D eigenvalue weighted by Gasteiger charge is 2.99. The molecule has 3 nitrogen and oxygen atoms in total. The van der Waals surface area contributed by atoms with Crippen molar-refractivity contribution in [3.05, 3.63) is 0 Å². The van der Waals surface area contributed by atoms with Crippen molar-refractivity contribution in [2.24, 2.45) is 0 Å². The highest BCUT2D eigenvalue weighted by atomic mass is 19.4. The number of alkyl halides is 12. The van der Waals surface area contributed by atoms with Crippen LogP contribution in [-0.4, -0.2) is 47.5 Å². The molecule has 23 heavy (non-hydrogen) atoms. The normalized spacial score (nSPS) is 36.9. The zero-order valence-electron chi connectivity index (χ0n) is 9.76. The summed E-state index contributed by atoms with van der Waals surface area (Å²) in [5, 5.41) is 0. The molecule has 0 radical (unpaired) electrons. The highest BCUT2D eigenvalue weighted by molar-refractivity contribution is 6.01. The van der Waals surface area contributed by atoms with Crippen LogP contribution in [0.4, 0.5) is 52.7 Å². The molecule has 15 heteroatoms. The predicted octanol–water partition coefficient (Wildman–Crippen LogP) is 2.88. The lowest BCUT2D eigenvalue weighted by Gasteiger charge is -2.48. The SMILES string of the molecule is O=C1OC(=O)C(F)(C(F)(F)F)C(F)(C(F)(F)F)C1(F)C(F)(F)F. The third kappa shape index (κ3) is 1.93. The zero-order chi connectivity index (χ0) is 18.9. The van der Waals surface area contributed by atoms with Gasteiger partial charge in [-0.05, 0) is 0 Å². The minimum Gasteiger partial charge on any atom is -0.388 e. The molecular weight excluding hydrogens is 372 g/mol. The summed E-state index contributed by atoms with van der Waals surface area (Å²) < 4.78 is 155. The Labute approximate surface area is 116 Å². The van der Waals surface area contributed by atoms with Crippen molar-refractivity contribution < 1.29 is 67.0 Å². The largest absolute Gasteiger partial charge is 0.437 e. The van der Waals surface area contributed by atoms with Gasteiger partial charge in [-0.25, -0.2) is 22.8 Å². The molecule has 0 amide bonds. The van der Waals surface area contributed by atoms with Crippen LogP contribution in [0.3, 0.4) is 0 Å². The van der Waals surface area contributed by atoms with Gasteiger partial charge in [0.25, 0.3) is 0 Å². The molecule has 0 bridgehead atoms. The van der Waals surface area contributed by atoms with Gasteiger partial charge in [0.1, 0.15) is 0 Å². The van der Waals surface area contributed by atoms with Crippen molar-refractivity contribution in [3.8, 4) is 0 Å². The van der Waals surface area contributed by atoms with Gasteiger partial charge < -0.3 is 4.74 Å². The predicted molar refractivity (Wildman–Crippen MR) is 40.8 cm³/mol. The Hall–Kier alpha value is -1.70.